The van der Waals surface area contributed by atoms with E-state index >= 15 is 0 Å². The van der Waals surface area contributed by atoms with Crippen molar-refractivity contribution in [3.05, 3.63) is 35.4 Å². The van der Waals surface area contributed by atoms with Gasteiger partial charge < -0.3 is 9.64 Å². The van der Waals surface area contributed by atoms with Gasteiger partial charge in [0.05, 0.1) is 11.6 Å². The lowest BCUT2D eigenvalue weighted by molar-refractivity contribution is -0.140. The first-order valence-electron chi connectivity index (χ1n) is 5.35. The standard InChI is InChI=1S/C13H16N2O2/c1-10(17-3)13(16)15(2)9-12-6-4-5-11(7-12)8-14/h4-7,10H,9H2,1-3H3. The Kier molecular flexibility index (Phi) is 4.68. The summed E-state index contributed by atoms with van der Waals surface area (Å²) in [4.78, 5) is 13.4. The van der Waals surface area contributed by atoms with Crippen LogP contribution in [0, 0.1) is 11.3 Å². The van der Waals surface area contributed by atoms with Gasteiger partial charge in [-0.15, -0.1) is 0 Å². The molecule has 90 valence electrons. The summed E-state index contributed by atoms with van der Waals surface area (Å²) in [6, 6.07) is 9.30. The summed E-state index contributed by atoms with van der Waals surface area (Å²) in [5, 5.41) is 8.78. The quantitative estimate of drug-likeness (QED) is 0.791. The van der Waals surface area contributed by atoms with E-state index in [4.69, 9.17) is 10.00 Å². The molecule has 1 rings (SSSR count). The van der Waals surface area contributed by atoms with E-state index in [0.717, 1.165) is 5.56 Å². The van der Waals surface area contributed by atoms with Gasteiger partial charge in [-0.05, 0) is 24.6 Å². The van der Waals surface area contributed by atoms with Gasteiger partial charge in [-0.1, -0.05) is 12.1 Å². The zero-order valence-electron chi connectivity index (χ0n) is 10.3. The Bertz CT molecular complexity index is 437. The van der Waals surface area contributed by atoms with E-state index in [2.05, 4.69) is 6.07 Å². The van der Waals surface area contributed by atoms with E-state index < -0.39 is 6.10 Å². The highest BCUT2D eigenvalue weighted by atomic mass is 16.5. The third-order valence-corrected chi connectivity index (χ3v) is 2.55. The topological polar surface area (TPSA) is 53.3 Å². The molecule has 1 aromatic rings. The Hall–Kier alpha value is -1.86. The lowest BCUT2D eigenvalue weighted by Gasteiger charge is -2.20. The fourth-order valence-electron chi connectivity index (χ4n) is 1.50. The summed E-state index contributed by atoms with van der Waals surface area (Å²) < 4.78 is 4.97. The van der Waals surface area contributed by atoms with Crippen molar-refractivity contribution in [3.63, 3.8) is 0 Å². The summed E-state index contributed by atoms with van der Waals surface area (Å²) in [5.74, 6) is -0.0742. The normalized spacial score (nSPS) is 11.6. The van der Waals surface area contributed by atoms with Crippen LogP contribution in [0.2, 0.25) is 0 Å². The zero-order chi connectivity index (χ0) is 12.8. The molecule has 0 aliphatic heterocycles. The van der Waals surface area contributed by atoms with Gasteiger partial charge in [0.25, 0.3) is 5.91 Å². The number of ether oxygens (including phenoxy) is 1. The van der Waals surface area contributed by atoms with E-state index in [1.807, 2.05) is 12.1 Å². The largest absolute Gasteiger partial charge is 0.372 e. The molecule has 0 heterocycles. The third-order valence-electron chi connectivity index (χ3n) is 2.55. The third kappa shape index (κ3) is 3.58. The Morgan fingerprint density at radius 3 is 2.88 bits per heavy atom. The molecule has 1 unspecified atom stereocenters. The van der Waals surface area contributed by atoms with Gasteiger partial charge in [0.15, 0.2) is 0 Å². The van der Waals surface area contributed by atoms with Crippen LogP contribution in [0.15, 0.2) is 24.3 Å². The van der Waals surface area contributed by atoms with Crippen LogP contribution < -0.4 is 0 Å². The number of benzene rings is 1. The van der Waals surface area contributed by atoms with Gasteiger partial charge in [0.1, 0.15) is 6.10 Å². The molecule has 0 radical (unpaired) electrons. The van der Waals surface area contributed by atoms with Crippen LogP contribution in [-0.4, -0.2) is 31.1 Å². The summed E-state index contributed by atoms with van der Waals surface area (Å²) in [7, 11) is 3.23. The average Bonchev–Trinajstić information content (AvgIpc) is 2.37. The van der Waals surface area contributed by atoms with E-state index in [0.29, 0.717) is 12.1 Å². The number of amides is 1. The molecule has 0 bridgehead atoms. The second-order valence-electron chi connectivity index (χ2n) is 3.88. The minimum Gasteiger partial charge on any atom is -0.372 e. The predicted molar refractivity (Wildman–Crippen MR) is 64.1 cm³/mol. The predicted octanol–water partition coefficient (Wildman–Crippen LogP) is 1.55. The van der Waals surface area contributed by atoms with Crippen molar-refractivity contribution in [2.45, 2.75) is 19.6 Å². The molecule has 1 amide bonds. The van der Waals surface area contributed by atoms with Crippen molar-refractivity contribution in [1.82, 2.24) is 4.90 Å². The number of hydrogen-bond acceptors (Lipinski definition) is 3. The van der Waals surface area contributed by atoms with Crippen LogP contribution in [0.5, 0.6) is 0 Å². The summed E-state index contributed by atoms with van der Waals surface area (Å²) >= 11 is 0. The van der Waals surface area contributed by atoms with Gasteiger partial charge >= 0.3 is 0 Å². The average molecular weight is 232 g/mol. The van der Waals surface area contributed by atoms with Crippen LogP contribution in [-0.2, 0) is 16.1 Å². The number of carbonyl (C=O) groups excluding carboxylic acids is 1. The van der Waals surface area contributed by atoms with Gasteiger partial charge in [-0.25, -0.2) is 0 Å². The van der Waals surface area contributed by atoms with Crippen LogP contribution in [0.3, 0.4) is 0 Å². The van der Waals surface area contributed by atoms with Crippen molar-refractivity contribution in [2.75, 3.05) is 14.2 Å². The number of nitriles is 1. The molecule has 0 saturated heterocycles. The molecule has 0 aromatic heterocycles. The maximum Gasteiger partial charge on any atom is 0.251 e. The Labute approximate surface area is 101 Å². The van der Waals surface area contributed by atoms with E-state index in [-0.39, 0.29) is 5.91 Å². The first kappa shape index (κ1) is 13.2. The molecule has 17 heavy (non-hydrogen) atoms. The van der Waals surface area contributed by atoms with E-state index in [1.54, 1.807) is 31.0 Å². The fraction of sp³-hybridized carbons (Fsp3) is 0.385. The molecular weight excluding hydrogens is 216 g/mol. The smallest absolute Gasteiger partial charge is 0.251 e. The van der Waals surface area contributed by atoms with Crippen LogP contribution >= 0.6 is 0 Å². The van der Waals surface area contributed by atoms with E-state index in [9.17, 15) is 4.79 Å². The first-order valence-corrected chi connectivity index (χ1v) is 5.35. The Balaban J connectivity index is 2.71. The van der Waals surface area contributed by atoms with Crippen molar-refractivity contribution >= 4 is 5.91 Å². The molecule has 1 aromatic carbocycles. The summed E-state index contributed by atoms with van der Waals surface area (Å²) in [6.07, 6.45) is -0.445. The van der Waals surface area contributed by atoms with Gasteiger partial charge in [-0.3, -0.25) is 4.79 Å². The number of methoxy groups -OCH3 is 1. The second kappa shape index (κ2) is 6.02. The monoisotopic (exact) mass is 232 g/mol. The highest BCUT2D eigenvalue weighted by molar-refractivity contribution is 5.80. The van der Waals surface area contributed by atoms with Gasteiger partial charge in [-0.2, -0.15) is 5.26 Å². The Morgan fingerprint density at radius 2 is 2.29 bits per heavy atom. The number of hydrogen-bond donors (Lipinski definition) is 0. The van der Waals surface area contributed by atoms with Crippen molar-refractivity contribution in [3.8, 4) is 6.07 Å². The lowest BCUT2D eigenvalue weighted by atomic mass is 10.1. The van der Waals surface area contributed by atoms with Crippen molar-refractivity contribution in [1.29, 1.82) is 5.26 Å². The SMILES string of the molecule is COC(C)C(=O)N(C)Cc1cccc(C#N)c1. The molecule has 0 aliphatic carbocycles. The number of carbonyl (C=O) groups is 1. The van der Waals surface area contributed by atoms with Crippen LogP contribution in [0.1, 0.15) is 18.1 Å². The minimum absolute atomic E-state index is 0.0742. The molecule has 0 fully saturated rings. The van der Waals surface area contributed by atoms with Gasteiger partial charge in [0, 0.05) is 20.7 Å². The first-order chi connectivity index (χ1) is 8.08. The molecule has 4 heteroatoms. The molecule has 1 atom stereocenters. The number of likely N-dealkylation sites (N-methyl/N-ethyl adjacent to an activating group) is 1. The summed E-state index contributed by atoms with van der Waals surface area (Å²) in [6.45, 7) is 2.19. The molecular formula is C13H16N2O2. The van der Waals surface area contributed by atoms with E-state index in [1.165, 1.54) is 7.11 Å². The highest BCUT2D eigenvalue weighted by Crippen LogP contribution is 2.08. The Morgan fingerprint density at radius 1 is 1.59 bits per heavy atom. The highest BCUT2D eigenvalue weighted by Gasteiger charge is 2.16. The maximum absolute atomic E-state index is 11.8. The van der Waals surface area contributed by atoms with Gasteiger partial charge in [0.2, 0.25) is 0 Å². The molecule has 0 spiro atoms. The molecule has 0 N–H and O–H groups in total. The second-order valence-corrected chi connectivity index (χ2v) is 3.88. The summed E-state index contributed by atoms with van der Waals surface area (Å²) in [5.41, 5.74) is 1.53. The van der Waals surface area contributed by atoms with Crippen LogP contribution in [0.25, 0.3) is 0 Å². The number of rotatable bonds is 4. The minimum atomic E-state index is -0.445. The lowest BCUT2D eigenvalue weighted by Crippen LogP contribution is -2.35. The fourth-order valence-corrected chi connectivity index (χ4v) is 1.50. The van der Waals surface area contributed by atoms with Crippen molar-refractivity contribution in [2.24, 2.45) is 0 Å². The van der Waals surface area contributed by atoms with Crippen LogP contribution in [0.4, 0.5) is 0 Å². The molecule has 0 saturated carbocycles. The van der Waals surface area contributed by atoms with Crippen molar-refractivity contribution < 1.29 is 9.53 Å². The molecule has 0 aliphatic rings. The zero-order valence-corrected chi connectivity index (χ0v) is 10.3. The number of nitrogens with zero attached hydrogens (tertiary/aromatic N) is 2. The maximum atomic E-state index is 11.8. The molecule has 4 nitrogen and oxygen atoms in total.